The molecule has 6 nitrogen and oxygen atoms in total. The molecule has 0 saturated carbocycles. The molecule has 0 radical (unpaired) electrons. The molecule has 0 bridgehead atoms. The van der Waals surface area contributed by atoms with Gasteiger partial charge in [-0.3, -0.25) is 4.31 Å². The summed E-state index contributed by atoms with van der Waals surface area (Å²) < 4.78 is 2.08. The summed E-state index contributed by atoms with van der Waals surface area (Å²) in [5.41, 5.74) is 11.6. The summed E-state index contributed by atoms with van der Waals surface area (Å²) >= 11 is 4.58. The first-order valence-electron chi connectivity index (χ1n) is 11.2. The summed E-state index contributed by atoms with van der Waals surface area (Å²) in [6.07, 6.45) is 9.60. The van der Waals surface area contributed by atoms with E-state index in [1.54, 1.807) is 6.20 Å². The van der Waals surface area contributed by atoms with Gasteiger partial charge < -0.3 is 11.1 Å². The van der Waals surface area contributed by atoms with E-state index in [1.165, 1.54) is 42.5 Å². The van der Waals surface area contributed by atoms with Crippen LogP contribution >= 0.6 is 12.8 Å². The number of thiol groups is 1. The van der Waals surface area contributed by atoms with Crippen molar-refractivity contribution in [3.8, 4) is 0 Å². The molecule has 166 valence electrons. The minimum atomic E-state index is 0.534. The Balaban J connectivity index is 1.23. The van der Waals surface area contributed by atoms with Crippen molar-refractivity contribution in [2.45, 2.75) is 51.9 Å². The number of nitrogens with one attached hydrogen (secondary N) is 1. The van der Waals surface area contributed by atoms with Crippen molar-refractivity contribution < 1.29 is 0 Å². The Morgan fingerprint density at radius 2 is 1.84 bits per heavy atom. The lowest BCUT2D eigenvalue weighted by molar-refractivity contribution is 0.463. The predicted octanol–water partition coefficient (Wildman–Crippen LogP) is 4.98. The lowest BCUT2D eigenvalue weighted by Gasteiger charge is -2.16. The molecule has 0 spiro atoms. The molecule has 1 aliphatic rings. The average molecular weight is 439 g/mol. The molecule has 0 unspecified atom stereocenters. The van der Waals surface area contributed by atoms with Gasteiger partial charge in [0.1, 0.15) is 5.82 Å². The Morgan fingerprint density at radius 3 is 2.58 bits per heavy atom. The molecule has 3 N–H and O–H groups in total. The second-order valence-electron chi connectivity index (χ2n) is 7.95. The summed E-state index contributed by atoms with van der Waals surface area (Å²) in [4.78, 5) is 4.00. The summed E-state index contributed by atoms with van der Waals surface area (Å²) in [5.74, 6) is 0.534. The van der Waals surface area contributed by atoms with Gasteiger partial charge in [0.15, 0.2) is 0 Å². The molecular weight excluding hydrogens is 404 g/mol. The van der Waals surface area contributed by atoms with Crippen LogP contribution in [0.1, 0.15) is 56.6 Å². The van der Waals surface area contributed by atoms with Crippen molar-refractivity contribution >= 4 is 35.7 Å². The molecule has 0 aliphatic carbocycles. The summed E-state index contributed by atoms with van der Waals surface area (Å²) in [6.45, 7) is 4.85. The van der Waals surface area contributed by atoms with Crippen LogP contribution in [0.25, 0.3) is 0 Å². The molecule has 31 heavy (non-hydrogen) atoms. The third-order valence-electron chi connectivity index (χ3n) is 5.49. The van der Waals surface area contributed by atoms with Gasteiger partial charge >= 0.3 is 0 Å². The molecule has 0 saturated heterocycles. The fourth-order valence-electron chi connectivity index (χ4n) is 3.59. The highest BCUT2D eigenvalue weighted by Gasteiger charge is 2.12. The monoisotopic (exact) mass is 438 g/mol. The van der Waals surface area contributed by atoms with Crippen molar-refractivity contribution in [2.24, 2.45) is 10.2 Å². The maximum Gasteiger partial charge on any atom is 0.125 e. The number of hydrogen-bond donors (Lipinski definition) is 3. The normalized spacial score (nSPS) is 13.4. The zero-order chi connectivity index (χ0) is 21.9. The number of unbranched alkanes of at least 4 members (excludes halogenated alkanes) is 3. The molecule has 1 aliphatic heterocycles. The number of pyridine rings is 1. The molecular formula is C24H34N6S. The van der Waals surface area contributed by atoms with E-state index in [2.05, 4.69) is 68.8 Å². The SMILES string of the molecule is CCC1=NN=C(c2ccc(CCCCCCN(S)CCNc3ccnc(N)c3)cc2)C1. The van der Waals surface area contributed by atoms with Crippen LogP contribution in [-0.4, -0.2) is 40.3 Å². The van der Waals surface area contributed by atoms with Crippen molar-refractivity contribution in [2.75, 3.05) is 30.7 Å². The number of benzene rings is 1. The number of aromatic nitrogens is 1. The van der Waals surface area contributed by atoms with Crippen molar-refractivity contribution in [1.82, 2.24) is 9.29 Å². The molecule has 0 amide bonds. The van der Waals surface area contributed by atoms with Crippen LogP contribution in [0.5, 0.6) is 0 Å². The van der Waals surface area contributed by atoms with Crippen LogP contribution < -0.4 is 11.1 Å². The third kappa shape index (κ3) is 7.99. The van der Waals surface area contributed by atoms with Crippen molar-refractivity contribution in [3.05, 3.63) is 53.7 Å². The van der Waals surface area contributed by atoms with Crippen molar-refractivity contribution in [1.29, 1.82) is 0 Å². The minimum absolute atomic E-state index is 0.534. The van der Waals surface area contributed by atoms with Crippen LogP contribution in [-0.2, 0) is 6.42 Å². The maximum atomic E-state index is 5.69. The first kappa shape index (κ1) is 23.3. The molecule has 0 atom stereocenters. The van der Waals surface area contributed by atoms with E-state index in [1.807, 2.05) is 12.1 Å². The highest BCUT2D eigenvalue weighted by molar-refractivity contribution is 7.77. The quantitative estimate of drug-likeness (QED) is 0.304. The van der Waals surface area contributed by atoms with E-state index in [0.717, 1.165) is 50.3 Å². The van der Waals surface area contributed by atoms with Gasteiger partial charge in [0.05, 0.1) is 5.71 Å². The van der Waals surface area contributed by atoms with E-state index in [9.17, 15) is 0 Å². The Labute approximate surface area is 191 Å². The van der Waals surface area contributed by atoms with Gasteiger partial charge in [-0.25, -0.2) is 4.98 Å². The fraction of sp³-hybridized carbons (Fsp3) is 0.458. The van der Waals surface area contributed by atoms with Crippen LogP contribution in [0.15, 0.2) is 52.8 Å². The van der Waals surface area contributed by atoms with E-state index in [0.29, 0.717) is 5.82 Å². The number of nitrogens with two attached hydrogens (primary N) is 1. The molecule has 3 rings (SSSR count). The highest BCUT2D eigenvalue weighted by Crippen LogP contribution is 2.16. The van der Waals surface area contributed by atoms with Crippen LogP contribution in [0, 0.1) is 0 Å². The molecule has 7 heteroatoms. The average Bonchev–Trinajstić information content (AvgIpc) is 3.26. The van der Waals surface area contributed by atoms with Gasteiger partial charge in [-0.2, -0.15) is 10.2 Å². The van der Waals surface area contributed by atoms with Gasteiger partial charge in [-0.1, -0.05) is 56.8 Å². The number of aryl methyl sites for hydroxylation is 1. The zero-order valence-electron chi connectivity index (χ0n) is 18.4. The van der Waals surface area contributed by atoms with E-state index < -0.39 is 0 Å². The number of nitrogens with zero attached hydrogens (tertiary/aromatic N) is 4. The maximum absolute atomic E-state index is 5.69. The Kier molecular flexibility index (Phi) is 9.37. The Morgan fingerprint density at radius 1 is 1.03 bits per heavy atom. The molecule has 1 aromatic heterocycles. The van der Waals surface area contributed by atoms with E-state index in [-0.39, 0.29) is 0 Å². The van der Waals surface area contributed by atoms with Gasteiger partial charge in [0.25, 0.3) is 0 Å². The first-order chi connectivity index (χ1) is 15.1. The van der Waals surface area contributed by atoms with Crippen LogP contribution in [0.2, 0.25) is 0 Å². The van der Waals surface area contributed by atoms with E-state index in [4.69, 9.17) is 5.73 Å². The summed E-state index contributed by atoms with van der Waals surface area (Å²) in [5, 5.41) is 11.9. The zero-order valence-corrected chi connectivity index (χ0v) is 19.3. The van der Waals surface area contributed by atoms with Crippen molar-refractivity contribution in [3.63, 3.8) is 0 Å². The number of hydrogen-bond acceptors (Lipinski definition) is 7. The highest BCUT2D eigenvalue weighted by atomic mass is 32.1. The van der Waals surface area contributed by atoms with Gasteiger partial charge in [-0.15, -0.1) is 0 Å². The predicted molar refractivity (Wildman–Crippen MR) is 135 cm³/mol. The molecule has 2 aromatic rings. The number of anilines is 2. The molecule has 1 aromatic carbocycles. The third-order valence-corrected chi connectivity index (χ3v) is 5.89. The first-order valence-corrected chi connectivity index (χ1v) is 11.6. The molecule has 0 fully saturated rings. The fourth-order valence-corrected chi connectivity index (χ4v) is 3.83. The summed E-state index contributed by atoms with van der Waals surface area (Å²) in [7, 11) is 0. The largest absolute Gasteiger partial charge is 0.384 e. The van der Waals surface area contributed by atoms with Gasteiger partial charge in [0.2, 0.25) is 0 Å². The lowest BCUT2D eigenvalue weighted by atomic mass is 10.0. The smallest absolute Gasteiger partial charge is 0.125 e. The standard InChI is InChI=1S/C24H34N6S/c1-2-21-17-23(29-28-21)20-10-8-19(9-11-20)7-5-3-4-6-15-30(31)16-14-26-22-12-13-27-24(25)18-22/h8-13,18,31H,2-7,14-17H2,1H3,(H3,25,26,27). The summed E-state index contributed by atoms with van der Waals surface area (Å²) in [6, 6.07) is 12.6. The molecule has 2 heterocycles. The second kappa shape index (κ2) is 12.5. The number of rotatable bonds is 13. The van der Waals surface area contributed by atoms with Gasteiger partial charge in [-0.05, 0) is 42.9 Å². The lowest BCUT2D eigenvalue weighted by Crippen LogP contribution is -2.21. The van der Waals surface area contributed by atoms with Crippen LogP contribution in [0.3, 0.4) is 0 Å². The Bertz CT molecular complexity index is 878. The Hall–Kier alpha value is -2.38. The number of nitrogen functional groups attached to an aromatic ring is 1. The topological polar surface area (TPSA) is 78.9 Å². The van der Waals surface area contributed by atoms with Crippen LogP contribution in [0.4, 0.5) is 11.5 Å². The van der Waals surface area contributed by atoms with Gasteiger partial charge in [0, 0.05) is 49.7 Å². The second-order valence-corrected chi connectivity index (χ2v) is 8.52. The minimum Gasteiger partial charge on any atom is -0.384 e. The van der Waals surface area contributed by atoms with E-state index >= 15 is 0 Å².